The number of fused-ring (bicyclic) bond motifs is 5. The molecular formula is C21H30O4. The van der Waals surface area contributed by atoms with Gasteiger partial charge in [0.1, 0.15) is 5.78 Å². The van der Waals surface area contributed by atoms with Gasteiger partial charge in [0.15, 0.2) is 18.3 Å². The molecule has 0 heterocycles. The smallest absolute Gasteiger partial charge is 0.197 e. The third kappa shape index (κ3) is 2.36. The Morgan fingerprint density at radius 2 is 1.72 bits per heavy atom. The maximum absolute atomic E-state index is 12.5. The van der Waals surface area contributed by atoms with E-state index >= 15 is 0 Å². The molecule has 25 heavy (non-hydrogen) atoms. The Balaban J connectivity index is 1.69. The Kier molecular flexibility index (Phi) is 4.10. The molecule has 0 N–H and O–H groups in total. The molecule has 0 saturated heterocycles. The SMILES string of the molecule is COCOC1=C2CCC3C(CC[C@]4(C)C(=O)CCC34)[C@@]2(C)CCC1=O. The predicted molar refractivity (Wildman–Crippen MR) is 93.6 cm³/mol. The van der Waals surface area contributed by atoms with E-state index in [0.717, 1.165) is 44.9 Å². The predicted octanol–water partition coefficient (Wildman–Crippen LogP) is 4.04. The second-order valence-electron chi connectivity index (χ2n) is 9.03. The van der Waals surface area contributed by atoms with Crippen molar-refractivity contribution in [3.8, 4) is 0 Å². The first kappa shape index (κ1) is 17.3. The first-order valence-corrected chi connectivity index (χ1v) is 9.83. The molecule has 0 radical (unpaired) electrons. The lowest BCUT2D eigenvalue weighted by atomic mass is 9.47. The van der Waals surface area contributed by atoms with Gasteiger partial charge in [-0.25, -0.2) is 0 Å². The van der Waals surface area contributed by atoms with Crippen molar-refractivity contribution < 1.29 is 19.1 Å². The summed E-state index contributed by atoms with van der Waals surface area (Å²) in [5.74, 6) is 2.96. The molecule has 0 aromatic carbocycles. The fourth-order valence-electron chi connectivity index (χ4n) is 6.72. The number of allylic oxidation sites excluding steroid dienone is 1. The summed E-state index contributed by atoms with van der Waals surface area (Å²) in [5.41, 5.74) is 1.20. The van der Waals surface area contributed by atoms with Gasteiger partial charge in [-0.1, -0.05) is 13.8 Å². The van der Waals surface area contributed by atoms with Crippen LogP contribution in [-0.4, -0.2) is 25.5 Å². The van der Waals surface area contributed by atoms with Gasteiger partial charge in [0.25, 0.3) is 0 Å². The molecule has 3 saturated carbocycles. The van der Waals surface area contributed by atoms with E-state index in [4.69, 9.17) is 9.47 Å². The first-order valence-electron chi connectivity index (χ1n) is 9.83. The van der Waals surface area contributed by atoms with E-state index in [1.54, 1.807) is 7.11 Å². The molecule has 0 aliphatic heterocycles. The van der Waals surface area contributed by atoms with Gasteiger partial charge in [-0.3, -0.25) is 9.59 Å². The molecule has 0 aromatic rings. The summed E-state index contributed by atoms with van der Waals surface area (Å²) in [6.07, 6.45) is 7.49. The molecule has 4 aliphatic carbocycles. The van der Waals surface area contributed by atoms with Crippen LogP contribution in [0.4, 0.5) is 0 Å². The van der Waals surface area contributed by atoms with Crippen LogP contribution in [0.3, 0.4) is 0 Å². The quantitative estimate of drug-likeness (QED) is 0.724. The average Bonchev–Trinajstić information content (AvgIpc) is 2.90. The number of methoxy groups -OCH3 is 1. The largest absolute Gasteiger partial charge is 0.464 e. The van der Waals surface area contributed by atoms with Crippen LogP contribution in [0.1, 0.15) is 65.2 Å². The standard InChI is InChI=1S/C21H30O4/c1-20-11-9-17(22)19(25-12-24-3)16(20)5-4-13-14-6-7-18(23)21(14,2)10-8-15(13)20/h13-15H,4-12H2,1-3H3/t13?,14?,15?,20-,21+/m1/s1. The summed E-state index contributed by atoms with van der Waals surface area (Å²) in [5, 5.41) is 0. The molecule has 4 heteroatoms. The Bertz CT molecular complexity index is 636. The van der Waals surface area contributed by atoms with Crippen molar-refractivity contribution in [1.82, 2.24) is 0 Å². The van der Waals surface area contributed by atoms with E-state index in [2.05, 4.69) is 13.8 Å². The molecule has 0 amide bonds. The van der Waals surface area contributed by atoms with Crippen molar-refractivity contribution in [3.63, 3.8) is 0 Å². The molecule has 138 valence electrons. The van der Waals surface area contributed by atoms with Crippen LogP contribution in [0, 0.1) is 28.6 Å². The van der Waals surface area contributed by atoms with Gasteiger partial charge in [-0.05, 0) is 67.3 Å². The number of carbonyl (C=O) groups is 2. The van der Waals surface area contributed by atoms with Crippen molar-refractivity contribution in [1.29, 1.82) is 0 Å². The van der Waals surface area contributed by atoms with E-state index in [1.165, 1.54) is 5.57 Å². The van der Waals surface area contributed by atoms with Gasteiger partial charge in [-0.15, -0.1) is 0 Å². The van der Waals surface area contributed by atoms with Crippen molar-refractivity contribution in [2.45, 2.75) is 65.2 Å². The summed E-state index contributed by atoms with van der Waals surface area (Å²) >= 11 is 0. The van der Waals surface area contributed by atoms with E-state index in [-0.39, 0.29) is 23.4 Å². The van der Waals surface area contributed by atoms with Gasteiger partial charge in [0.05, 0.1) is 0 Å². The fraction of sp³-hybridized carbons (Fsp3) is 0.810. The summed E-state index contributed by atoms with van der Waals surface area (Å²) in [6.45, 7) is 4.71. The van der Waals surface area contributed by atoms with Crippen molar-refractivity contribution in [3.05, 3.63) is 11.3 Å². The van der Waals surface area contributed by atoms with E-state index < -0.39 is 0 Å². The topological polar surface area (TPSA) is 52.6 Å². The molecule has 0 bridgehead atoms. The third-order valence-electron chi connectivity index (χ3n) is 8.10. The molecule has 4 nitrogen and oxygen atoms in total. The van der Waals surface area contributed by atoms with Gasteiger partial charge in [0.2, 0.25) is 0 Å². The summed E-state index contributed by atoms with van der Waals surface area (Å²) < 4.78 is 10.8. The van der Waals surface area contributed by atoms with Crippen molar-refractivity contribution >= 4 is 11.6 Å². The van der Waals surface area contributed by atoms with E-state index in [1.807, 2.05) is 0 Å². The number of ether oxygens (including phenoxy) is 2. The van der Waals surface area contributed by atoms with Crippen LogP contribution in [0.2, 0.25) is 0 Å². The lowest BCUT2D eigenvalue weighted by molar-refractivity contribution is -0.133. The number of rotatable bonds is 3. The van der Waals surface area contributed by atoms with Crippen LogP contribution >= 0.6 is 0 Å². The van der Waals surface area contributed by atoms with E-state index in [0.29, 0.717) is 35.7 Å². The van der Waals surface area contributed by atoms with Crippen molar-refractivity contribution in [2.75, 3.05) is 13.9 Å². The lowest BCUT2D eigenvalue weighted by Gasteiger charge is -2.57. The Morgan fingerprint density at radius 3 is 2.48 bits per heavy atom. The van der Waals surface area contributed by atoms with Gasteiger partial charge in [0, 0.05) is 25.4 Å². The monoisotopic (exact) mass is 346 g/mol. The third-order valence-corrected chi connectivity index (χ3v) is 8.10. The number of Topliss-reactive ketones (excluding diaryl/α,β-unsaturated/α-hetero) is 2. The molecular weight excluding hydrogens is 316 g/mol. The minimum absolute atomic E-state index is 0.0485. The van der Waals surface area contributed by atoms with Crippen LogP contribution in [-0.2, 0) is 19.1 Å². The highest BCUT2D eigenvalue weighted by atomic mass is 16.7. The number of carbonyl (C=O) groups excluding carboxylic acids is 2. The minimum atomic E-state index is -0.0847. The zero-order chi connectivity index (χ0) is 17.8. The Morgan fingerprint density at radius 1 is 0.960 bits per heavy atom. The molecule has 5 atom stereocenters. The highest BCUT2D eigenvalue weighted by Crippen LogP contribution is 2.64. The molecule has 0 spiro atoms. The Labute approximate surface area is 150 Å². The highest BCUT2D eigenvalue weighted by Gasteiger charge is 2.59. The van der Waals surface area contributed by atoms with E-state index in [9.17, 15) is 9.59 Å². The maximum Gasteiger partial charge on any atom is 0.197 e. The molecule has 3 unspecified atom stereocenters. The van der Waals surface area contributed by atoms with Gasteiger partial charge in [-0.2, -0.15) is 0 Å². The molecule has 3 fully saturated rings. The second-order valence-corrected chi connectivity index (χ2v) is 9.03. The summed E-state index contributed by atoms with van der Waals surface area (Å²) in [4.78, 5) is 24.9. The van der Waals surface area contributed by atoms with Crippen LogP contribution in [0.15, 0.2) is 11.3 Å². The van der Waals surface area contributed by atoms with Crippen LogP contribution in [0.5, 0.6) is 0 Å². The Hall–Kier alpha value is -1.16. The van der Waals surface area contributed by atoms with Crippen LogP contribution < -0.4 is 0 Å². The van der Waals surface area contributed by atoms with Crippen LogP contribution in [0.25, 0.3) is 0 Å². The number of hydrogen-bond acceptors (Lipinski definition) is 4. The normalized spacial score (nSPS) is 43.6. The van der Waals surface area contributed by atoms with Gasteiger partial charge < -0.3 is 9.47 Å². The highest BCUT2D eigenvalue weighted by molar-refractivity contribution is 5.95. The zero-order valence-corrected chi connectivity index (χ0v) is 15.7. The summed E-state index contributed by atoms with van der Waals surface area (Å²) in [6, 6.07) is 0. The average molecular weight is 346 g/mol. The second kappa shape index (κ2) is 5.94. The minimum Gasteiger partial charge on any atom is -0.464 e. The number of ketones is 2. The lowest BCUT2D eigenvalue weighted by Crippen LogP contribution is -2.51. The first-order chi connectivity index (χ1) is 11.9. The zero-order valence-electron chi connectivity index (χ0n) is 15.7. The number of hydrogen-bond donors (Lipinski definition) is 0. The maximum atomic E-state index is 12.5. The summed E-state index contributed by atoms with van der Waals surface area (Å²) in [7, 11) is 1.59. The van der Waals surface area contributed by atoms with Gasteiger partial charge >= 0.3 is 0 Å². The molecule has 0 aromatic heterocycles. The fourth-order valence-corrected chi connectivity index (χ4v) is 6.72. The van der Waals surface area contributed by atoms with Crippen molar-refractivity contribution in [2.24, 2.45) is 28.6 Å². The molecule has 4 rings (SSSR count). The molecule has 4 aliphatic rings.